The molecule has 1 aliphatic heterocycles. The van der Waals surface area contributed by atoms with E-state index in [2.05, 4.69) is 37.3 Å². The number of hydrogen-bond donors (Lipinski definition) is 0. The predicted molar refractivity (Wildman–Crippen MR) is 121 cm³/mol. The van der Waals surface area contributed by atoms with Crippen LogP contribution in [-0.4, -0.2) is 48.2 Å². The van der Waals surface area contributed by atoms with E-state index in [1.807, 2.05) is 12.1 Å². The highest BCUT2D eigenvalue weighted by molar-refractivity contribution is 5.59. The number of benzene rings is 1. The van der Waals surface area contributed by atoms with E-state index >= 15 is 0 Å². The van der Waals surface area contributed by atoms with Gasteiger partial charge in [-0.25, -0.2) is 9.07 Å². The van der Waals surface area contributed by atoms with Gasteiger partial charge < -0.3 is 4.42 Å². The summed E-state index contributed by atoms with van der Waals surface area (Å²) in [6.45, 7) is 5.46. The number of aromatic nitrogens is 6. The Morgan fingerprint density at radius 3 is 2.60 bits per heavy atom. The van der Waals surface area contributed by atoms with Crippen molar-refractivity contribution in [3.05, 3.63) is 65.7 Å². The number of likely N-dealkylation sites (tertiary alicyclic amines) is 1. The molecule has 0 amide bonds. The Morgan fingerprint density at radius 1 is 1.06 bits per heavy atom. The number of pyridine rings is 1. The Hall–Kier alpha value is -3.60. The quantitative estimate of drug-likeness (QED) is 0.375. The van der Waals surface area contributed by atoms with Gasteiger partial charge in [0.05, 0.1) is 24.0 Å². The van der Waals surface area contributed by atoms with Gasteiger partial charge in [0.15, 0.2) is 0 Å². The van der Waals surface area contributed by atoms with Crippen LogP contribution in [0.2, 0.25) is 0 Å². The van der Waals surface area contributed by atoms with E-state index < -0.39 is 12.3 Å². The first-order valence-corrected chi connectivity index (χ1v) is 11.4. The van der Waals surface area contributed by atoms with E-state index in [4.69, 9.17) is 4.42 Å². The van der Waals surface area contributed by atoms with Gasteiger partial charge in [0, 0.05) is 18.3 Å². The second-order valence-corrected chi connectivity index (χ2v) is 8.86. The summed E-state index contributed by atoms with van der Waals surface area (Å²) in [7, 11) is 0. The third-order valence-electron chi connectivity index (χ3n) is 6.15. The van der Waals surface area contributed by atoms with Gasteiger partial charge in [0.1, 0.15) is 11.5 Å². The molecule has 1 fully saturated rings. The lowest BCUT2D eigenvalue weighted by molar-refractivity contribution is 0.116. The fourth-order valence-electron chi connectivity index (χ4n) is 4.09. The first kappa shape index (κ1) is 23.2. The van der Waals surface area contributed by atoms with E-state index in [1.165, 1.54) is 25.1 Å². The van der Waals surface area contributed by atoms with E-state index in [1.54, 1.807) is 23.0 Å². The van der Waals surface area contributed by atoms with Crippen LogP contribution in [0.25, 0.3) is 22.7 Å². The van der Waals surface area contributed by atoms with E-state index in [0.29, 0.717) is 29.1 Å². The number of halogens is 3. The molecule has 11 heteroatoms. The molecule has 0 unspecified atom stereocenters. The zero-order valence-corrected chi connectivity index (χ0v) is 19.1. The van der Waals surface area contributed by atoms with E-state index in [0.717, 1.165) is 31.1 Å². The van der Waals surface area contributed by atoms with Gasteiger partial charge >= 0.3 is 6.43 Å². The van der Waals surface area contributed by atoms with E-state index in [9.17, 15) is 13.2 Å². The summed E-state index contributed by atoms with van der Waals surface area (Å²) < 4.78 is 46.4. The van der Waals surface area contributed by atoms with Crippen LogP contribution >= 0.6 is 0 Å². The minimum Gasteiger partial charge on any atom is -0.415 e. The van der Waals surface area contributed by atoms with Crippen LogP contribution in [0.4, 0.5) is 13.2 Å². The fourth-order valence-corrected chi connectivity index (χ4v) is 4.09. The zero-order chi connectivity index (χ0) is 24.4. The summed E-state index contributed by atoms with van der Waals surface area (Å²) >= 11 is 0. The van der Waals surface area contributed by atoms with Crippen molar-refractivity contribution in [1.82, 2.24) is 35.1 Å². The van der Waals surface area contributed by atoms with Gasteiger partial charge in [-0.05, 0) is 61.7 Å². The van der Waals surface area contributed by atoms with Gasteiger partial charge in [0.2, 0.25) is 5.89 Å². The molecule has 1 aliphatic rings. The predicted octanol–water partition coefficient (Wildman–Crippen LogP) is 4.75. The maximum atomic E-state index is 14.6. The number of nitrogens with zero attached hydrogens (tertiary/aromatic N) is 7. The van der Waals surface area contributed by atoms with Crippen LogP contribution in [-0.2, 0) is 13.1 Å². The maximum Gasteiger partial charge on any atom is 0.314 e. The van der Waals surface area contributed by atoms with E-state index in [-0.39, 0.29) is 11.7 Å². The van der Waals surface area contributed by atoms with Crippen LogP contribution in [0, 0.1) is 11.7 Å². The third kappa shape index (κ3) is 5.40. The molecular formula is C24H24F3N7O. The standard InChI is InChI=1S/C24H24F3N7O/c1-15-6-8-33(9-7-15)12-16-2-5-20(25)19(10-16)21-14-34(32-29-21)13-18-4-3-17(11-28-18)23-30-31-24(35-23)22(26)27/h2-5,10-11,14-15,22H,6-9,12-13H2,1H3. The Labute approximate surface area is 199 Å². The summed E-state index contributed by atoms with van der Waals surface area (Å²) in [5.41, 5.74) is 2.97. The molecular weight excluding hydrogens is 459 g/mol. The zero-order valence-electron chi connectivity index (χ0n) is 19.1. The van der Waals surface area contributed by atoms with Crippen molar-refractivity contribution in [2.45, 2.75) is 39.3 Å². The highest BCUT2D eigenvalue weighted by Gasteiger charge is 2.18. The molecule has 0 aliphatic carbocycles. The SMILES string of the molecule is CC1CCN(Cc2ccc(F)c(-c3cn(Cc4ccc(-c5nnc(C(F)F)o5)cn4)nn3)c2)CC1. The Kier molecular flexibility index (Phi) is 6.58. The maximum absolute atomic E-state index is 14.6. The minimum atomic E-state index is -2.83. The summed E-state index contributed by atoms with van der Waals surface area (Å²) in [6.07, 6.45) is 2.67. The van der Waals surface area contributed by atoms with Crippen LogP contribution in [0.1, 0.15) is 43.3 Å². The third-order valence-corrected chi connectivity index (χ3v) is 6.15. The van der Waals surface area contributed by atoms with Crippen molar-refractivity contribution in [3.63, 3.8) is 0 Å². The number of rotatable bonds is 7. The monoisotopic (exact) mass is 483 g/mol. The summed E-state index contributed by atoms with van der Waals surface area (Å²) in [5, 5.41) is 15.2. The van der Waals surface area contributed by atoms with Crippen molar-refractivity contribution in [3.8, 4) is 22.7 Å². The van der Waals surface area contributed by atoms with Gasteiger partial charge in [-0.2, -0.15) is 8.78 Å². The second kappa shape index (κ2) is 9.95. The van der Waals surface area contributed by atoms with Gasteiger partial charge in [0.25, 0.3) is 5.89 Å². The second-order valence-electron chi connectivity index (χ2n) is 8.86. The van der Waals surface area contributed by atoms with Crippen molar-refractivity contribution in [1.29, 1.82) is 0 Å². The molecule has 0 radical (unpaired) electrons. The van der Waals surface area contributed by atoms with Crippen molar-refractivity contribution in [2.75, 3.05) is 13.1 Å². The topological polar surface area (TPSA) is 85.8 Å². The van der Waals surface area contributed by atoms with Gasteiger partial charge in [-0.1, -0.05) is 18.2 Å². The van der Waals surface area contributed by atoms with Crippen LogP contribution in [0.3, 0.4) is 0 Å². The number of hydrogen-bond acceptors (Lipinski definition) is 7. The molecule has 3 aromatic heterocycles. The highest BCUT2D eigenvalue weighted by atomic mass is 19.3. The van der Waals surface area contributed by atoms with Crippen molar-refractivity contribution in [2.24, 2.45) is 5.92 Å². The summed E-state index contributed by atoms with van der Waals surface area (Å²) in [4.78, 5) is 6.70. The normalized spacial score (nSPS) is 15.2. The molecule has 0 spiro atoms. The first-order valence-electron chi connectivity index (χ1n) is 11.4. The molecule has 35 heavy (non-hydrogen) atoms. The smallest absolute Gasteiger partial charge is 0.314 e. The van der Waals surface area contributed by atoms with Crippen LogP contribution < -0.4 is 0 Å². The number of piperidine rings is 1. The fraction of sp³-hybridized carbons (Fsp3) is 0.375. The first-order chi connectivity index (χ1) is 16.9. The molecule has 1 saturated heterocycles. The van der Waals surface area contributed by atoms with Crippen LogP contribution in [0.15, 0.2) is 47.1 Å². The molecule has 0 saturated carbocycles. The average molecular weight is 483 g/mol. The average Bonchev–Trinajstić information content (AvgIpc) is 3.53. The van der Waals surface area contributed by atoms with Crippen molar-refractivity contribution >= 4 is 0 Å². The van der Waals surface area contributed by atoms with Crippen LogP contribution in [0.5, 0.6) is 0 Å². The lowest BCUT2D eigenvalue weighted by Crippen LogP contribution is -2.32. The Balaban J connectivity index is 1.26. The molecule has 4 heterocycles. The molecule has 8 nitrogen and oxygen atoms in total. The molecule has 182 valence electrons. The highest BCUT2D eigenvalue weighted by Crippen LogP contribution is 2.25. The van der Waals surface area contributed by atoms with Gasteiger partial charge in [-0.15, -0.1) is 15.3 Å². The molecule has 0 N–H and O–H groups in total. The molecule has 0 atom stereocenters. The minimum absolute atomic E-state index is 0.0307. The number of alkyl halides is 2. The lowest BCUT2D eigenvalue weighted by atomic mass is 9.98. The molecule has 0 bridgehead atoms. The lowest BCUT2D eigenvalue weighted by Gasteiger charge is -2.30. The summed E-state index contributed by atoms with van der Waals surface area (Å²) in [5.74, 6) is -0.357. The summed E-state index contributed by atoms with van der Waals surface area (Å²) in [6, 6.07) is 8.48. The Morgan fingerprint density at radius 2 is 1.89 bits per heavy atom. The molecule has 1 aromatic carbocycles. The van der Waals surface area contributed by atoms with Gasteiger partial charge in [-0.3, -0.25) is 9.88 Å². The Bertz CT molecular complexity index is 1280. The van der Waals surface area contributed by atoms with Crippen molar-refractivity contribution < 1.29 is 17.6 Å². The molecule has 4 aromatic rings. The largest absolute Gasteiger partial charge is 0.415 e. The molecule has 5 rings (SSSR count).